The van der Waals surface area contributed by atoms with Gasteiger partial charge in [0.25, 0.3) is 5.91 Å². The van der Waals surface area contributed by atoms with Crippen LogP contribution >= 0.6 is 55.1 Å². The molecular formula is C15H11Br2Cl2N3O. The van der Waals surface area contributed by atoms with Gasteiger partial charge in [-0.3, -0.25) is 4.79 Å². The Labute approximate surface area is 160 Å². The Morgan fingerprint density at radius 3 is 2.30 bits per heavy atom. The molecule has 0 saturated heterocycles. The highest BCUT2D eigenvalue weighted by Gasteiger charge is 2.08. The first-order chi connectivity index (χ1) is 11.0. The van der Waals surface area contributed by atoms with Crippen molar-refractivity contribution in [1.82, 2.24) is 5.43 Å². The summed E-state index contributed by atoms with van der Waals surface area (Å²) in [7, 11) is 0. The van der Waals surface area contributed by atoms with Gasteiger partial charge in [-0.05, 0) is 61.7 Å². The zero-order chi connectivity index (χ0) is 16.8. The number of carbonyl (C=O) groups is 1. The molecule has 120 valence electrons. The highest BCUT2D eigenvalue weighted by Crippen LogP contribution is 2.33. The molecule has 2 rings (SSSR count). The standard InChI is InChI=1S/C15H11Br2Cl2N3O/c16-12-5-11(19)6-13(17)15(12)20-8-14(23)22-21-7-9-1-3-10(18)4-2-9/h1-7,20H,8H2,(H,22,23). The second kappa shape index (κ2) is 8.68. The van der Waals surface area contributed by atoms with Crippen molar-refractivity contribution in [2.24, 2.45) is 5.10 Å². The zero-order valence-corrected chi connectivity index (χ0v) is 16.3. The Hall–Kier alpha value is -1.08. The second-order valence-electron chi connectivity index (χ2n) is 4.44. The fourth-order valence-electron chi connectivity index (χ4n) is 1.65. The van der Waals surface area contributed by atoms with Crippen molar-refractivity contribution in [3.05, 3.63) is 61.0 Å². The molecule has 1 amide bonds. The van der Waals surface area contributed by atoms with Crippen LogP contribution in [0.2, 0.25) is 10.0 Å². The highest BCUT2D eigenvalue weighted by molar-refractivity contribution is 9.11. The quantitative estimate of drug-likeness (QED) is 0.464. The van der Waals surface area contributed by atoms with Crippen LogP contribution in [-0.2, 0) is 4.79 Å². The zero-order valence-electron chi connectivity index (χ0n) is 11.6. The number of amides is 1. The van der Waals surface area contributed by atoms with Gasteiger partial charge in [0.2, 0.25) is 0 Å². The van der Waals surface area contributed by atoms with E-state index in [1.54, 1.807) is 42.6 Å². The van der Waals surface area contributed by atoms with Gasteiger partial charge < -0.3 is 5.32 Å². The van der Waals surface area contributed by atoms with Crippen LogP contribution < -0.4 is 10.7 Å². The van der Waals surface area contributed by atoms with E-state index in [2.05, 4.69) is 47.7 Å². The Morgan fingerprint density at radius 2 is 1.70 bits per heavy atom. The molecule has 0 fully saturated rings. The summed E-state index contributed by atoms with van der Waals surface area (Å²) >= 11 is 18.5. The molecule has 0 saturated carbocycles. The van der Waals surface area contributed by atoms with Gasteiger partial charge in [-0.2, -0.15) is 5.10 Å². The van der Waals surface area contributed by atoms with Crippen LogP contribution in [0.15, 0.2) is 50.4 Å². The number of hydrogen-bond donors (Lipinski definition) is 2. The number of nitrogens with one attached hydrogen (secondary N) is 2. The fourth-order valence-corrected chi connectivity index (χ4v) is 3.72. The van der Waals surface area contributed by atoms with Crippen molar-refractivity contribution in [3.8, 4) is 0 Å². The third-order valence-corrected chi connectivity index (χ3v) is 4.43. The summed E-state index contributed by atoms with van der Waals surface area (Å²) in [5.41, 5.74) is 4.03. The number of anilines is 1. The lowest BCUT2D eigenvalue weighted by molar-refractivity contribution is -0.119. The molecule has 23 heavy (non-hydrogen) atoms. The van der Waals surface area contributed by atoms with Crippen molar-refractivity contribution >= 4 is 72.9 Å². The molecule has 2 aromatic carbocycles. The van der Waals surface area contributed by atoms with Crippen LogP contribution in [0, 0.1) is 0 Å². The van der Waals surface area contributed by atoms with E-state index in [1.807, 2.05) is 0 Å². The van der Waals surface area contributed by atoms with E-state index >= 15 is 0 Å². The lowest BCUT2D eigenvalue weighted by Crippen LogP contribution is -2.26. The van der Waals surface area contributed by atoms with Gasteiger partial charge in [0.05, 0.1) is 18.4 Å². The highest BCUT2D eigenvalue weighted by atomic mass is 79.9. The maximum Gasteiger partial charge on any atom is 0.259 e. The smallest absolute Gasteiger partial charge is 0.259 e. The van der Waals surface area contributed by atoms with Gasteiger partial charge in [0.15, 0.2) is 0 Å². The van der Waals surface area contributed by atoms with Crippen molar-refractivity contribution < 1.29 is 4.79 Å². The maximum atomic E-state index is 11.8. The number of hydrazone groups is 1. The van der Waals surface area contributed by atoms with Gasteiger partial charge in [-0.1, -0.05) is 35.3 Å². The number of hydrogen-bond acceptors (Lipinski definition) is 3. The number of carbonyl (C=O) groups excluding carboxylic acids is 1. The normalized spacial score (nSPS) is 10.8. The van der Waals surface area contributed by atoms with Crippen LogP contribution in [0.3, 0.4) is 0 Å². The van der Waals surface area contributed by atoms with E-state index in [1.165, 1.54) is 0 Å². The Bertz CT molecular complexity index is 713. The Balaban J connectivity index is 1.87. The molecule has 0 spiro atoms. The molecule has 0 atom stereocenters. The minimum absolute atomic E-state index is 0.0663. The van der Waals surface area contributed by atoms with Crippen LogP contribution in [0.1, 0.15) is 5.56 Å². The summed E-state index contributed by atoms with van der Waals surface area (Å²) in [6.07, 6.45) is 1.54. The number of rotatable bonds is 5. The molecule has 2 N–H and O–H groups in total. The topological polar surface area (TPSA) is 53.5 Å². The largest absolute Gasteiger partial charge is 0.374 e. The third-order valence-electron chi connectivity index (χ3n) is 2.71. The Morgan fingerprint density at radius 1 is 1.09 bits per heavy atom. The van der Waals surface area contributed by atoms with E-state index in [-0.39, 0.29) is 12.5 Å². The molecule has 0 aliphatic carbocycles. The van der Waals surface area contributed by atoms with Gasteiger partial charge >= 0.3 is 0 Å². The lowest BCUT2D eigenvalue weighted by atomic mass is 10.2. The Kier molecular flexibility index (Phi) is 6.89. The monoisotopic (exact) mass is 477 g/mol. The molecule has 0 unspecified atom stereocenters. The number of nitrogens with zero attached hydrogens (tertiary/aromatic N) is 1. The minimum atomic E-state index is -0.274. The van der Waals surface area contributed by atoms with Crippen LogP contribution in [0.5, 0.6) is 0 Å². The first kappa shape index (κ1) is 18.3. The summed E-state index contributed by atoms with van der Waals surface area (Å²) in [6, 6.07) is 10.6. The fraction of sp³-hybridized carbons (Fsp3) is 0.0667. The molecule has 0 aliphatic heterocycles. The molecule has 2 aromatic rings. The first-order valence-corrected chi connectivity index (χ1v) is 8.76. The van der Waals surface area contributed by atoms with Gasteiger partial charge in [0.1, 0.15) is 0 Å². The summed E-state index contributed by atoms with van der Waals surface area (Å²) in [6.45, 7) is 0.0663. The predicted octanol–water partition coefficient (Wildman–Crippen LogP) is 5.08. The number of benzene rings is 2. The van der Waals surface area contributed by atoms with Crippen LogP contribution in [0.25, 0.3) is 0 Å². The van der Waals surface area contributed by atoms with E-state index in [0.717, 1.165) is 20.2 Å². The van der Waals surface area contributed by atoms with E-state index in [4.69, 9.17) is 23.2 Å². The summed E-state index contributed by atoms with van der Waals surface area (Å²) in [5, 5.41) is 8.14. The van der Waals surface area contributed by atoms with E-state index in [0.29, 0.717) is 10.0 Å². The molecule has 0 radical (unpaired) electrons. The van der Waals surface area contributed by atoms with E-state index in [9.17, 15) is 4.79 Å². The number of halogens is 4. The van der Waals surface area contributed by atoms with Crippen LogP contribution in [0.4, 0.5) is 5.69 Å². The molecule has 4 nitrogen and oxygen atoms in total. The first-order valence-electron chi connectivity index (χ1n) is 6.41. The molecule has 8 heteroatoms. The SMILES string of the molecule is O=C(CNc1c(Br)cc(Cl)cc1Br)NN=Cc1ccc(Cl)cc1. The minimum Gasteiger partial charge on any atom is -0.374 e. The van der Waals surface area contributed by atoms with Gasteiger partial charge in [-0.15, -0.1) is 0 Å². The average Bonchev–Trinajstić information content (AvgIpc) is 2.48. The second-order valence-corrected chi connectivity index (χ2v) is 7.02. The summed E-state index contributed by atoms with van der Waals surface area (Å²) in [4.78, 5) is 11.8. The molecular weight excluding hydrogens is 469 g/mol. The van der Waals surface area contributed by atoms with Crippen molar-refractivity contribution in [1.29, 1.82) is 0 Å². The molecule has 0 aliphatic rings. The average molecular weight is 480 g/mol. The summed E-state index contributed by atoms with van der Waals surface area (Å²) in [5.74, 6) is -0.274. The van der Waals surface area contributed by atoms with Crippen molar-refractivity contribution in [3.63, 3.8) is 0 Å². The van der Waals surface area contributed by atoms with E-state index < -0.39 is 0 Å². The van der Waals surface area contributed by atoms with Gasteiger partial charge in [-0.25, -0.2) is 5.43 Å². The maximum absolute atomic E-state index is 11.8. The molecule has 0 heterocycles. The molecule has 0 aromatic heterocycles. The van der Waals surface area contributed by atoms with Crippen molar-refractivity contribution in [2.45, 2.75) is 0 Å². The predicted molar refractivity (Wildman–Crippen MR) is 103 cm³/mol. The molecule has 0 bridgehead atoms. The summed E-state index contributed by atoms with van der Waals surface area (Å²) < 4.78 is 1.52. The van der Waals surface area contributed by atoms with Crippen LogP contribution in [-0.4, -0.2) is 18.7 Å². The third kappa shape index (κ3) is 5.80. The van der Waals surface area contributed by atoms with Crippen molar-refractivity contribution in [2.75, 3.05) is 11.9 Å². The van der Waals surface area contributed by atoms with Gasteiger partial charge in [0, 0.05) is 19.0 Å². The lowest BCUT2D eigenvalue weighted by Gasteiger charge is -2.10.